The van der Waals surface area contributed by atoms with Crippen LogP contribution in [0.3, 0.4) is 0 Å². The van der Waals surface area contributed by atoms with Crippen molar-refractivity contribution in [2.24, 2.45) is 0 Å². The van der Waals surface area contributed by atoms with Crippen LogP contribution in [0.15, 0.2) is 78.9 Å². The van der Waals surface area contributed by atoms with Crippen LogP contribution in [-0.2, 0) is 32.8 Å². The summed E-state index contributed by atoms with van der Waals surface area (Å²) < 4.78 is 37.7. The van der Waals surface area contributed by atoms with Crippen molar-refractivity contribution in [3.8, 4) is 11.5 Å². The number of benzene rings is 3. The van der Waals surface area contributed by atoms with Gasteiger partial charge in [0.15, 0.2) is 0 Å². The van der Waals surface area contributed by atoms with E-state index >= 15 is 0 Å². The molecule has 3 rings (SSSR count). The maximum Gasteiger partial charge on any atom is 0.244 e. The van der Waals surface area contributed by atoms with Gasteiger partial charge in [0, 0.05) is 12.1 Å². The van der Waals surface area contributed by atoms with E-state index in [9.17, 15) is 18.0 Å². The van der Waals surface area contributed by atoms with Crippen molar-refractivity contribution in [1.82, 2.24) is 10.2 Å². The molecule has 1 unspecified atom stereocenters. The Kier molecular flexibility index (Phi) is 10.4. The average Bonchev–Trinajstić information content (AvgIpc) is 2.92. The highest BCUT2D eigenvalue weighted by Crippen LogP contribution is 2.23. The zero-order chi connectivity index (χ0) is 30.2. The summed E-state index contributed by atoms with van der Waals surface area (Å²) >= 11 is 0. The Balaban J connectivity index is 1.83. The monoisotopic (exact) mass is 581 g/mol. The number of nitrogens with one attached hydrogen (secondary N) is 1. The van der Waals surface area contributed by atoms with Gasteiger partial charge in [-0.3, -0.25) is 13.9 Å². The van der Waals surface area contributed by atoms with Gasteiger partial charge in [0.1, 0.15) is 30.7 Å². The smallest absolute Gasteiger partial charge is 0.244 e. The fraction of sp³-hybridized carbons (Fsp3) is 0.355. The lowest BCUT2D eigenvalue weighted by molar-refractivity contribution is -0.140. The van der Waals surface area contributed by atoms with Crippen LogP contribution in [0.5, 0.6) is 11.5 Å². The third-order valence-corrected chi connectivity index (χ3v) is 7.37. The third kappa shape index (κ3) is 9.53. The molecule has 41 heavy (non-hydrogen) atoms. The molecule has 3 aromatic rings. The van der Waals surface area contributed by atoms with E-state index in [1.54, 1.807) is 62.6 Å². The minimum Gasteiger partial charge on any atom is -0.497 e. The Bertz CT molecular complexity index is 1400. The quantitative estimate of drug-likeness (QED) is 0.341. The maximum atomic E-state index is 13.7. The van der Waals surface area contributed by atoms with Gasteiger partial charge < -0.3 is 19.7 Å². The van der Waals surface area contributed by atoms with Gasteiger partial charge in [-0.15, -0.1) is 0 Å². The molecule has 9 nitrogen and oxygen atoms in total. The molecule has 0 radical (unpaired) electrons. The summed E-state index contributed by atoms with van der Waals surface area (Å²) in [7, 11) is -2.28. The van der Waals surface area contributed by atoms with Crippen molar-refractivity contribution >= 4 is 27.5 Å². The minimum atomic E-state index is -3.84. The van der Waals surface area contributed by atoms with Crippen LogP contribution < -0.4 is 19.1 Å². The average molecular weight is 582 g/mol. The zero-order valence-electron chi connectivity index (χ0n) is 24.5. The molecule has 0 heterocycles. The number of hydrogen-bond acceptors (Lipinski definition) is 6. The number of anilines is 1. The van der Waals surface area contributed by atoms with Crippen LogP contribution >= 0.6 is 0 Å². The van der Waals surface area contributed by atoms with Gasteiger partial charge in [0.2, 0.25) is 21.8 Å². The molecule has 0 aliphatic rings. The molecule has 0 aliphatic carbocycles. The first kappa shape index (κ1) is 31.5. The molecule has 1 atom stereocenters. The van der Waals surface area contributed by atoms with Crippen molar-refractivity contribution in [2.75, 3.05) is 24.2 Å². The fourth-order valence-electron chi connectivity index (χ4n) is 4.05. The number of carbonyl (C=O) groups excluding carboxylic acids is 2. The van der Waals surface area contributed by atoms with Crippen LogP contribution in [0.25, 0.3) is 0 Å². The van der Waals surface area contributed by atoms with Gasteiger partial charge in [-0.1, -0.05) is 42.5 Å². The van der Waals surface area contributed by atoms with Crippen LogP contribution in [0.4, 0.5) is 5.69 Å². The highest BCUT2D eigenvalue weighted by molar-refractivity contribution is 7.92. The summed E-state index contributed by atoms with van der Waals surface area (Å²) in [5.74, 6) is 0.355. The summed E-state index contributed by atoms with van der Waals surface area (Å²) in [6, 6.07) is 22.5. The van der Waals surface area contributed by atoms with Crippen molar-refractivity contribution < 1.29 is 27.5 Å². The van der Waals surface area contributed by atoms with E-state index in [4.69, 9.17) is 9.47 Å². The van der Waals surface area contributed by atoms with Crippen LogP contribution in [0.2, 0.25) is 0 Å². The Morgan fingerprint density at radius 3 is 2.00 bits per heavy atom. The molecular formula is C31H39N3O6S. The van der Waals surface area contributed by atoms with E-state index in [-0.39, 0.29) is 12.5 Å². The molecule has 0 spiro atoms. The molecular weight excluding hydrogens is 542 g/mol. The largest absolute Gasteiger partial charge is 0.497 e. The van der Waals surface area contributed by atoms with Gasteiger partial charge >= 0.3 is 0 Å². The SMILES string of the molecule is COc1ccc(CN(C(=O)CN(c2ccc(OCc3ccccc3)cc2)S(C)(=O)=O)C(C)C(=O)NC(C)(C)C)cc1. The lowest BCUT2D eigenvalue weighted by Crippen LogP contribution is -2.54. The topological polar surface area (TPSA) is 105 Å². The number of hydrogen-bond donors (Lipinski definition) is 1. The predicted molar refractivity (Wildman–Crippen MR) is 160 cm³/mol. The van der Waals surface area contributed by atoms with E-state index in [1.165, 1.54) is 4.90 Å². The van der Waals surface area contributed by atoms with Gasteiger partial charge in [-0.25, -0.2) is 8.42 Å². The predicted octanol–water partition coefficient (Wildman–Crippen LogP) is 4.37. The van der Waals surface area contributed by atoms with Crippen molar-refractivity contribution in [2.45, 2.75) is 52.4 Å². The number of amides is 2. The van der Waals surface area contributed by atoms with Crippen molar-refractivity contribution in [3.63, 3.8) is 0 Å². The second-order valence-electron chi connectivity index (χ2n) is 10.8. The Morgan fingerprint density at radius 1 is 0.878 bits per heavy atom. The van der Waals surface area contributed by atoms with Crippen LogP contribution in [-0.4, -0.2) is 56.6 Å². The molecule has 0 aromatic heterocycles. The second-order valence-corrected chi connectivity index (χ2v) is 12.7. The molecule has 1 N–H and O–H groups in total. The summed E-state index contributed by atoms with van der Waals surface area (Å²) in [6.07, 6.45) is 1.05. The van der Waals surface area contributed by atoms with Gasteiger partial charge in [-0.2, -0.15) is 0 Å². The molecule has 0 bridgehead atoms. The maximum absolute atomic E-state index is 13.7. The first-order valence-corrected chi connectivity index (χ1v) is 15.1. The van der Waals surface area contributed by atoms with Crippen molar-refractivity contribution in [3.05, 3.63) is 90.0 Å². The molecule has 3 aromatic carbocycles. The first-order chi connectivity index (χ1) is 19.3. The number of carbonyl (C=O) groups is 2. The first-order valence-electron chi connectivity index (χ1n) is 13.3. The van der Waals surface area contributed by atoms with Crippen molar-refractivity contribution in [1.29, 1.82) is 0 Å². The Hall–Kier alpha value is -4.05. The van der Waals surface area contributed by atoms with E-state index in [0.717, 1.165) is 21.7 Å². The standard InChI is InChI=1S/C31H39N3O6S/c1-23(30(36)32-31(2,3)4)33(20-24-12-16-27(39-5)17-13-24)29(35)21-34(41(6,37)38)26-14-18-28(19-15-26)40-22-25-10-8-7-9-11-25/h7-19,23H,20-22H2,1-6H3,(H,32,36). The van der Waals surface area contributed by atoms with E-state index in [1.807, 2.05) is 51.1 Å². The number of sulfonamides is 1. The third-order valence-electron chi connectivity index (χ3n) is 6.23. The van der Waals surface area contributed by atoms with Gasteiger partial charge in [-0.05, 0) is 75.2 Å². The zero-order valence-corrected chi connectivity index (χ0v) is 25.3. The molecule has 10 heteroatoms. The van der Waals surface area contributed by atoms with Gasteiger partial charge in [0.05, 0.1) is 19.1 Å². The lowest BCUT2D eigenvalue weighted by atomic mass is 10.1. The Labute approximate surface area is 243 Å². The number of rotatable bonds is 12. The summed E-state index contributed by atoms with van der Waals surface area (Å²) in [5, 5.41) is 2.90. The van der Waals surface area contributed by atoms with E-state index in [2.05, 4.69) is 5.32 Å². The number of ether oxygens (including phenoxy) is 2. The summed E-state index contributed by atoms with van der Waals surface area (Å²) in [4.78, 5) is 28.2. The molecule has 0 aliphatic heterocycles. The highest BCUT2D eigenvalue weighted by atomic mass is 32.2. The molecule has 2 amide bonds. The fourth-order valence-corrected chi connectivity index (χ4v) is 4.90. The normalized spacial score (nSPS) is 12.2. The van der Waals surface area contributed by atoms with E-state index in [0.29, 0.717) is 23.8 Å². The molecule has 220 valence electrons. The Morgan fingerprint density at radius 2 is 1.46 bits per heavy atom. The molecule has 0 saturated heterocycles. The molecule has 0 saturated carbocycles. The number of methoxy groups -OCH3 is 1. The lowest BCUT2D eigenvalue weighted by Gasteiger charge is -2.33. The van der Waals surface area contributed by atoms with Crippen LogP contribution in [0.1, 0.15) is 38.8 Å². The van der Waals surface area contributed by atoms with E-state index < -0.39 is 34.1 Å². The summed E-state index contributed by atoms with van der Waals surface area (Å²) in [5.41, 5.74) is 1.56. The van der Waals surface area contributed by atoms with Crippen LogP contribution in [0, 0.1) is 0 Å². The highest BCUT2D eigenvalue weighted by Gasteiger charge is 2.31. The van der Waals surface area contributed by atoms with Gasteiger partial charge in [0.25, 0.3) is 0 Å². The summed E-state index contributed by atoms with van der Waals surface area (Å²) in [6.45, 7) is 7.18. The number of nitrogens with zero attached hydrogens (tertiary/aromatic N) is 2. The second kappa shape index (κ2) is 13.5. The molecule has 0 fully saturated rings. The minimum absolute atomic E-state index is 0.103.